The summed E-state index contributed by atoms with van der Waals surface area (Å²) in [5.41, 5.74) is 4.97. The fourth-order valence-electron chi connectivity index (χ4n) is 8.77. The summed E-state index contributed by atoms with van der Waals surface area (Å²) in [5.74, 6) is -0.502. The number of carbonyl (C=O) groups is 4. The Morgan fingerprint density at radius 2 is 1.39 bits per heavy atom. The number of rotatable bonds is 12. The van der Waals surface area contributed by atoms with Crippen LogP contribution in [0.4, 0.5) is 4.79 Å². The van der Waals surface area contributed by atoms with Gasteiger partial charge in [-0.25, -0.2) is 4.79 Å². The molecular formula is C49H53N5O5. The van der Waals surface area contributed by atoms with Gasteiger partial charge >= 0.3 is 6.09 Å². The van der Waals surface area contributed by atoms with Crippen molar-refractivity contribution in [1.82, 2.24) is 25.3 Å². The molecule has 4 amide bonds. The van der Waals surface area contributed by atoms with Crippen molar-refractivity contribution in [2.75, 3.05) is 39.3 Å². The maximum absolute atomic E-state index is 14.7. The summed E-state index contributed by atoms with van der Waals surface area (Å²) in [5, 5.41) is 8.67. The Labute approximate surface area is 346 Å². The van der Waals surface area contributed by atoms with Crippen LogP contribution in [0.15, 0.2) is 127 Å². The van der Waals surface area contributed by atoms with Gasteiger partial charge in [-0.3, -0.25) is 14.4 Å². The van der Waals surface area contributed by atoms with E-state index in [0.29, 0.717) is 45.4 Å². The summed E-state index contributed by atoms with van der Waals surface area (Å²) in [6.45, 7) is 3.49. The zero-order valence-corrected chi connectivity index (χ0v) is 33.5. The Hall–Kier alpha value is -6.00. The molecule has 59 heavy (non-hydrogen) atoms. The van der Waals surface area contributed by atoms with Crippen LogP contribution in [-0.2, 0) is 38.7 Å². The van der Waals surface area contributed by atoms with E-state index in [1.165, 1.54) is 0 Å². The Morgan fingerprint density at radius 1 is 0.712 bits per heavy atom. The average Bonchev–Trinajstić information content (AvgIpc) is 3.29. The second-order valence-corrected chi connectivity index (χ2v) is 16.2. The molecule has 0 spiro atoms. The number of ether oxygens (including phenoxy) is 1. The minimum atomic E-state index is -0.877. The van der Waals surface area contributed by atoms with E-state index in [-0.39, 0.29) is 55.3 Å². The third-order valence-electron chi connectivity index (χ3n) is 12.2. The lowest BCUT2D eigenvalue weighted by Crippen LogP contribution is -2.66. The first kappa shape index (κ1) is 39.8. The number of hydrogen-bond acceptors (Lipinski definition) is 6. The zero-order valence-electron chi connectivity index (χ0n) is 33.5. The van der Waals surface area contributed by atoms with Crippen LogP contribution in [0.5, 0.6) is 0 Å². The summed E-state index contributed by atoms with van der Waals surface area (Å²) in [6, 6.07) is 40.6. The van der Waals surface area contributed by atoms with Crippen molar-refractivity contribution in [3.05, 3.63) is 144 Å². The third-order valence-corrected chi connectivity index (χ3v) is 12.2. The van der Waals surface area contributed by atoms with Gasteiger partial charge in [0.25, 0.3) is 0 Å². The maximum atomic E-state index is 14.7. The minimum Gasteiger partial charge on any atom is -0.445 e. The van der Waals surface area contributed by atoms with Crippen LogP contribution in [0.2, 0.25) is 0 Å². The van der Waals surface area contributed by atoms with E-state index in [4.69, 9.17) is 4.74 Å². The Kier molecular flexibility index (Phi) is 12.6. The molecule has 0 aromatic heterocycles. The van der Waals surface area contributed by atoms with Gasteiger partial charge in [0.15, 0.2) is 0 Å². The number of piperazine rings is 1. The van der Waals surface area contributed by atoms with Crippen molar-refractivity contribution in [2.24, 2.45) is 11.8 Å². The number of likely N-dealkylation sites (tertiary alicyclic amines) is 1. The van der Waals surface area contributed by atoms with E-state index in [0.717, 1.165) is 58.0 Å². The molecule has 3 aliphatic rings. The number of nitrogens with zero attached hydrogens (tertiary/aromatic N) is 3. The molecule has 3 fully saturated rings. The first-order chi connectivity index (χ1) is 28.9. The molecular weight excluding hydrogens is 739 g/mol. The van der Waals surface area contributed by atoms with Crippen LogP contribution in [0.25, 0.3) is 21.9 Å². The molecule has 10 nitrogen and oxygen atoms in total. The van der Waals surface area contributed by atoms with Crippen molar-refractivity contribution < 1.29 is 23.9 Å². The van der Waals surface area contributed by atoms with E-state index < -0.39 is 12.1 Å². The van der Waals surface area contributed by atoms with E-state index in [1.807, 2.05) is 83.8 Å². The first-order valence-corrected chi connectivity index (χ1v) is 21.1. The number of piperidine rings is 2. The molecule has 3 heterocycles. The normalized spacial score (nSPS) is 20.0. The van der Waals surface area contributed by atoms with Gasteiger partial charge in [0.05, 0.1) is 12.5 Å². The third kappa shape index (κ3) is 9.83. The highest BCUT2D eigenvalue weighted by molar-refractivity contribution is 5.98. The summed E-state index contributed by atoms with van der Waals surface area (Å²) < 4.78 is 5.61. The van der Waals surface area contributed by atoms with Gasteiger partial charge in [-0.05, 0) is 76.7 Å². The summed E-state index contributed by atoms with van der Waals surface area (Å²) in [4.78, 5) is 61.8. The number of nitrogens with one attached hydrogen (secondary N) is 2. The van der Waals surface area contributed by atoms with Gasteiger partial charge in [0.2, 0.25) is 17.7 Å². The van der Waals surface area contributed by atoms with Gasteiger partial charge in [0, 0.05) is 39.1 Å². The fraction of sp³-hybridized carbons (Fsp3) is 0.347. The topological polar surface area (TPSA) is 111 Å². The molecule has 5 aromatic carbocycles. The van der Waals surface area contributed by atoms with Crippen LogP contribution < -0.4 is 10.6 Å². The highest BCUT2D eigenvalue weighted by Crippen LogP contribution is 2.27. The molecule has 304 valence electrons. The molecule has 1 unspecified atom stereocenters. The molecule has 0 aliphatic carbocycles. The predicted molar refractivity (Wildman–Crippen MR) is 229 cm³/mol. The molecule has 5 aromatic rings. The predicted octanol–water partition coefficient (Wildman–Crippen LogP) is 6.82. The number of amides is 4. The first-order valence-electron chi connectivity index (χ1n) is 21.1. The average molecular weight is 792 g/mol. The van der Waals surface area contributed by atoms with Crippen LogP contribution in [0.3, 0.4) is 0 Å². The standard InChI is InChI=1S/C49H53N5O5/c55-46-45(33-53(47(56)43-16-9-25-50-30-43)31-36-23-26-52(27-24-36)49(58)59-34-37-10-3-1-4-11-37)54(32-35-17-20-41(21-18-35)39-12-5-2-6-13-39)48(57)44(51-46)29-38-19-22-40-14-7-8-15-42(40)28-38/h1-8,10-15,17-22,28,36,43-45,50H,9,16,23-27,29-34H2,(H,51,55)/t43?,44-,45-/m0/s1. The second-order valence-electron chi connectivity index (χ2n) is 16.2. The highest BCUT2D eigenvalue weighted by Gasteiger charge is 2.43. The lowest BCUT2D eigenvalue weighted by molar-refractivity contribution is -0.153. The lowest BCUT2D eigenvalue weighted by Gasteiger charge is -2.43. The molecule has 0 saturated carbocycles. The number of benzene rings is 5. The molecule has 2 N–H and O–H groups in total. The molecule has 3 atom stereocenters. The monoisotopic (exact) mass is 791 g/mol. The molecule has 10 heteroatoms. The number of hydrogen-bond donors (Lipinski definition) is 2. The van der Waals surface area contributed by atoms with Gasteiger partial charge in [-0.15, -0.1) is 0 Å². The van der Waals surface area contributed by atoms with Crippen LogP contribution in [0, 0.1) is 11.8 Å². The van der Waals surface area contributed by atoms with Crippen LogP contribution in [-0.4, -0.2) is 89.9 Å². The Bertz CT molecular complexity index is 2220. The van der Waals surface area contributed by atoms with E-state index in [2.05, 4.69) is 59.2 Å². The Morgan fingerprint density at radius 3 is 2.12 bits per heavy atom. The number of fused-ring (bicyclic) bond motifs is 1. The Balaban J connectivity index is 1.01. The van der Waals surface area contributed by atoms with Gasteiger partial charge in [-0.2, -0.15) is 0 Å². The summed E-state index contributed by atoms with van der Waals surface area (Å²) in [6.07, 6.45) is 3.10. The van der Waals surface area contributed by atoms with Crippen LogP contribution in [0.1, 0.15) is 42.4 Å². The van der Waals surface area contributed by atoms with Crippen LogP contribution >= 0.6 is 0 Å². The van der Waals surface area contributed by atoms with E-state index >= 15 is 0 Å². The smallest absolute Gasteiger partial charge is 0.410 e. The van der Waals surface area contributed by atoms with Crippen molar-refractivity contribution in [1.29, 1.82) is 0 Å². The molecule has 3 saturated heterocycles. The van der Waals surface area contributed by atoms with Crippen molar-refractivity contribution in [3.8, 4) is 11.1 Å². The lowest BCUT2D eigenvalue weighted by atomic mass is 9.93. The van der Waals surface area contributed by atoms with Gasteiger partial charge in [-0.1, -0.05) is 127 Å². The van der Waals surface area contributed by atoms with Crippen molar-refractivity contribution in [2.45, 2.75) is 57.3 Å². The molecule has 8 rings (SSSR count). The summed E-state index contributed by atoms with van der Waals surface area (Å²) in [7, 11) is 0. The fourth-order valence-corrected chi connectivity index (χ4v) is 8.77. The quantitative estimate of drug-likeness (QED) is 0.144. The van der Waals surface area contributed by atoms with Crippen molar-refractivity contribution >= 4 is 34.6 Å². The largest absolute Gasteiger partial charge is 0.445 e. The van der Waals surface area contributed by atoms with Crippen molar-refractivity contribution in [3.63, 3.8) is 0 Å². The molecule has 0 bridgehead atoms. The summed E-state index contributed by atoms with van der Waals surface area (Å²) >= 11 is 0. The van der Waals surface area contributed by atoms with Gasteiger partial charge in [0.1, 0.15) is 18.7 Å². The second kappa shape index (κ2) is 18.7. The SMILES string of the molecule is O=C1N[C@@H](Cc2ccc3ccccc3c2)C(=O)N(Cc2ccc(-c3ccccc3)cc2)[C@H]1CN(CC1CCN(C(=O)OCc2ccccc2)CC1)C(=O)C1CCCNC1. The van der Waals surface area contributed by atoms with E-state index in [1.54, 1.807) is 9.80 Å². The zero-order chi connectivity index (χ0) is 40.6. The van der Waals surface area contributed by atoms with Gasteiger partial charge < -0.3 is 30.1 Å². The minimum absolute atomic E-state index is 0.00704. The maximum Gasteiger partial charge on any atom is 0.410 e. The van der Waals surface area contributed by atoms with E-state index in [9.17, 15) is 19.2 Å². The molecule has 0 radical (unpaired) electrons. The number of carbonyl (C=O) groups excluding carboxylic acids is 4. The highest BCUT2D eigenvalue weighted by atomic mass is 16.6. The molecule has 3 aliphatic heterocycles.